The van der Waals surface area contributed by atoms with E-state index in [1.165, 1.54) is 13.3 Å². The summed E-state index contributed by atoms with van der Waals surface area (Å²) in [5.74, 6) is 1.28. The van der Waals surface area contributed by atoms with Crippen LogP contribution in [0.4, 0.5) is 10.2 Å². The number of rotatable bonds is 6. The van der Waals surface area contributed by atoms with Gasteiger partial charge in [0.15, 0.2) is 0 Å². The first-order chi connectivity index (χ1) is 10.1. The van der Waals surface area contributed by atoms with Crippen molar-refractivity contribution < 1.29 is 9.13 Å². The summed E-state index contributed by atoms with van der Waals surface area (Å²) in [5.41, 5.74) is 1.37. The van der Waals surface area contributed by atoms with Crippen LogP contribution >= 0.6 is 11.6 Å². The second-order valence-corrected chi connectivity index (χ2v) is 4.94. The first kappa shape index (κ1) is 15.5. The molecule has 2 rings (SSSR count). The Balaban J connectivity index is 1.95. The number of halogens is 2. The zero-order valence-electron chi connectivity index (χ0n) is 11.9. The fourth-order valence-corrected chi connectivity index (χ4v) is 2.22. The molecule has 1 aromatic heterocycles. The SMILES string of the molecule is COc1ccc(CCNc2ncnc(C(C)F)c2Cl)cc1. The maximum absolute atomic E-state index is 13.3. The van der Waals surface area contributed by atoms with Crippen LogP contribution in [0.3, 0.4) is 0 Å². The second kappa shape index (κ2) is 7.22. The van der Waals surface area contributed by atoms with Crippen LogP contribution in [0.25, 0.3) is 0 Å². The fraction of sp³-hybridized carbons (Fsp3) is 0.333. The molecule has 0 saturated carbocycles. The Bertz CT molecular complexity index is 590. The molecular weight excluding hydrogens is 293 g/mol. The predicted octanol–water partition coefficient (Wildman–Crippen LogP) is 3.82. The van der Waals surface area contributed by atoms with E-state index in [0.717, 1.165) is 17.7 Å². The van der Waals surface area contributed by atoms with E-state index in [-0.39, 0.29) is 10.7 Å². The van der Waals surface area contributed by atoms with Crippen LogP contribution in [-0.4, -0.2) is 23.6 Å². The molecule has 0 aliphatic rings. The number of aromatic nitrogens is 2. The average molecular weight is 310 g/mol. The summed E-state index contributed by atoms with van der Waals surface area (Å²) in [5, 5.41) is 3.34. The molecule has 0 saturated heterocycles. The molecule has 0 fully saturated rings. The van der Waals surface area contributed by atoms with E-state index >= 15 is 0 Å². The summed E-state index contributed by atoms with van der Waals surface area (Å²) in [6, 6.07) is 7.82. The van der Waals surface area contributed by atoms with Crippen molar-refractivity contribution in [2.24, 2.45) is 0 Å². The lowest BCUT2D eigenvalue weighted by atomic mass is 10.1. The molecule has 0 bridgehead atoms. The van der Waals surface area contributed by atoms with E-state index in [4.69, 9.17) is 16.3 Å². The molecule has 112 valence electrons. The molecule has 21 heavy (non-hydrogen) atoms. The van der Waals surface area contributed by atoms with Crippen LogP contribution in [0.1, 0.15) is 24.4 Å². The number of benzene rings is 1. The lowest BCUT2D eigenvalue weighted by Gasteiger charge is -2.10. The zero-order chi connectivity index (χ0) is 15.2. The van der Waals surface area contributed by atoms with E-state index in [1.807, 2.05) is 24.3 Å². The van der Waals surface area contributed by atoms with E-state index in [0.29, 0.717) is 12.4 Å². The fourth-order valence-electron chi connectivity index (χ4n) is 1.90. The molecular formula is C15H17ClFN3O. The monoisotopic (exact) mass is 309 g/mol. The van der Waals surface area contributed by atoms with E-state index < -0.39 is 6.17 Å². The number of nitrogens with one attached hydrogen (secondary N) is 1. The van der Waals surface area contributed by atoms with E-state index in [1.54, 1.807) is 7.11 Å². The number of hydrogen-bond donors (Lipinski definition) is 1. The molecule has 1 unspecified atom stereocenters. The Morgan fingerprint density at radius 2 is 2.00 bits per heavy atom. The highest BCUT2D eigenvalue weighted by molar-refractivity contribution is 6.33. The van der Waals surface area contributed by atoms with Crippen molar-refractivity contribution in [2.45, 2.75) is 19.5 Å². The van der Waals surface area contributed by atoms with Gasteiger partial charge in [0.1, 0.15) is 29.1 Å². The van der Waals surface area contributed by atoms with Crippen molar-refractivity contribution in [3.8, 4) is 5.75 Å². The van der Waals surface area contributed by atoms with Gasteiger partial charge in [-0.3, -0.25) is 0 Å². The smallest absolute Gasteiger partial charge is 0.148 e. The Kier molecular flexibility index (Phi) is 5.33. The maximum atomic E-state index is 13.3. The van der Waals surface area contributed by atoms with Crippen molar-refractivity contribution in [2.75, 3.05) is 19.0 Å². The van der Waals surface area contributed by atoms with Crippen LogP contribution in [0.5, 0.6) is 5.75 Å². The highest BCUT2D eigenvalue weighted by Gasteiger charge is 2.14. The second-order valence-electron chi connectivity index (χ2n) is 4.56. The predicted molar refractivity (Wildman–Crippen MR) is 81.8 cm³/mol. The van der Waals surface area contributed by atoms with Gasteiger partial charge in [0.2, 0.25) is 0 Å². The lowest BCUT2D eigenvalue weighted by molar-refractivity contribution is 0.365. The van der Waals surface area contributed by atoms with Gasteiger partial charge in [-0.15, -0.1) is 0 Å². The number of anilines is 1. The number of nitrogens with zero attached hydrogens (tertiary/aromatic N) is 2. The number of ether oxygens (including phenoxy) is 1. The molecule has 1 heterocycles. The average Bonchev–Trinajstić information content (AvgIpc) is 2.49. The lowest BCUT2D eigenvalue weighted by Crippen LogP contribution is -2.08. The normalized spacial score (nSPS) is 12.0. The van der Waals surface area contributed by atoms with Crippen LogP contribution in [0.15, 0.2) is 30.6 Å². The van der Waals surface area contributed by atoms with Gasteiger partial charge in [-0.05, 0) is 31.0 Å². The van der Waals surface area contributed by atoms with E-state index in [9.17, 15) is 4.39 Å². The highest BCUT2D eigenvalue weighted by Crippen LogP contribution is 2.28. The Morgan fingerprint density at radius 3 is 2.62 bits per heavy atom. The quantitative estimate of drug-likeness (QED) is 0.881. The first-order valence-electron chi connectivity index (χ1n) is 6.63. The Hall–Kier alpha value is -1.88. The van der Waals surface area contributed by atoms with Crippen LogP contribution < -0.4 is 10.1 Å². The van der Waals surface area contributed by atoms with Crippen molar-refractivity contribution in [3.63, 3.8) is 0 Å². The van der Waals surface area contributed by atoms with E-state index in [2.05, 4.69) is 15.3 Å². The highest BCUT2D eigenvalue weighted by atomic mass is 35.5. The van der Waals surface area contributed by atoms with Crippen LogP contribution in [0.2, 0.25) is 5.02 Å². The number of methoxy groups -OCH3 is 1. The minimum atomic E-state index is -1.22. The third-order valence-electron chi connectivity index (χ3n) is 3.06. The standard InChI is InChI=1S/C15H17ClFN3O/c1-10(17)14-13(16)15(20-9-19-14)18-8-7-11-3-5-12(21-2)6-4-11/h3-6,9-10H,7-8H2,1-2H3,(H,18,19,20). The maximum Gasteiger partial charge on any atom is 0.148 e. The van der Waals surface area contributed by atoms with Crippen molar-refractivity contribution in [1.29, 1.82) is 0 Å². The Labute approximate surface area is 128 Å². The molecule has 0 amide bonds. The van der Waals surface area contributed by atoms with Crippen LogP contribution in [0, 0.1) is 0 Å². The van der Waals surface area contributed by atoms with Gasteiger partial charge >= 0.3 is 0 Å². The summed E-state index contributed by atoms with van der Waals surface area (Å²) in [4.78, 5) is 7.89. The third-order valence-corrected chi connectivity index (χ3v) is 3.43. The topological polar surface area (TPSA) is 47.0 Å². The largest absolute Gasteiger partial charge is 0.497 e. The minimum absolute atomic E-state index is 0.207. The molecule has 4 nitrogen and oxygen atoms in total. The van der Waals surface area contributed by atoms with Crippen molar-refractivity contribution >= 4 is 17.4 Å². The summed E-state index contributed by atoms with van der Waals surface area (Å²) in [6.45, 7) is 2.04. The molecule has 6 heteroatoms. The van der Waals surface area contributed by atoms with Crippen LogP contribution in [-0.2, 0) is 6.42 Å². The summed E-state index contributed by atoms with van der Waals surface area (Å²) in [7, 11) is 1.64. The summed E-state index contributed by atoms with van der Waals surface area (Å²) in [6.07, 6.45) is 0.889. The van der Waals surface area contributed by atoms with Gasteiger partial charge in [0.05, 0.1) is 12.8 Å². The van der Waals surface area contributed by atoms with Gasteiger partial charge in [0.25, 0.3) is 0 Å². The molecule has 1 aromatic carbocycles. The molecule has 0 radical (unpaired) electrons. The Morgan fingerprint density at radius 1 is 1.29 bits per heavy atom. The minimum Gasteiger partial charge on any atom is -0.497 e. The molecule has 1 atom stereocenters. The van der Waals surface area contributed by atoms with Gasteiger partial charge in [-0.1, -0.05) is 23.7 Å². The van der Waals surface area contributed by atoms with Gasteiger partial charge in [0, 0.05) is 6.54 Å². The summed E-state index contributed by atoms with van der Waals surface area (Å²) >= 11 is 6.08. The zero-order valence-corrected chi connectivity index (χ0v) is 12.7. The molecule has 0 aliphatic heterocycles. The molecule has 0 spiro atoms. The third kappa shape index (κ3) is 4.04. The number of alkyl halides is 1. The number of hydrogen-bond acceptors (Lipinski definition) is 4. The van der Waals surface area contributed by atoms with Crippen molar-refractivity contribution in [3.05, 3.63) is 46.9 Å². The van der Waals surface area contributed by atoms with Gasteiger partial charge < -0.3 is 10.1 Å². The first-order valence-corrected chi connectivity index (χ1v) is 7.01. The van der Waals surface area contributed by atoms with Crippen molar-refractivity contribution in [1.82, 2.24) is 9.97 Å². The van der Waals surface area contributed by atoms with Gasteiger partial charge in [-0.2, -0.15) is 0 Å². The molecule has 2 aromatic rings. The summed E-state index contributed by atoms with van der Waals surface area (Å²) < 4.78 is 18.4. The molecule has 1 N–H and O–H groups in total. The molecule has 0 aliphatic carbocycles. The van der Waals surface area contributed by atoms with Gasteiger partial charge in [-0.25, -0.2) is 14.4 Å².